The van der Waals surface area contributed by atoms with Gasteiger partial charge in [0.05, 0.1) is 13.3 Å². The molecule has 8 heteroatoms. The highest BCUT2D eigenvalue weighted by molar-refractivity contribution is 6.03. The molecule has 0 amide bonds. The van der Waals surface area contributed by atoms with Crippen LogP contribution in [-0.2, 0) is 10.6 Å². The maximum absolute atomic E-state index is 13.4. The van der Waals surface area contributed by atoms with Gasteiger partial charge < -0.3 is 19.6 Å². The molecule has 1 fully saturated rings. The first-order valence-electron chi connectivity index (χ1n) is 10.4. The molecule has 7 nitrogen and oxygen atoms in total. The molecule has 2 N–H and O–H groups in total. The van der Waals surface area contributed by atoms with Crippen LogP contribution in [0, 0.1) is 5.82 Å². The molecule has 5 rings (SSSR count). The van der Waals surface area contributed by atoms with Crippen LogP contribution in [0.2, 0.25) is 0 Å². The fourth-order valence-corrected chi connectivity index (χ4v) is 4.34. The van der Waals surface area contributed by atoms with Gasteiger partial charge in [0, 0.05) is 29.4 Å². The molecular weight excluding hydrogens is 411 g/mol. The number of benzene rings is 2. The van der Waals surface area contributed by atoms with Crippen molar-refractivity contribution in [3.05, 3.63) is 77.4 Å². The van der Waals surface area contributed by atoms with Gasteiger partial charge in [-0.25, -0.2) is 4.39 Å². The topological polar surface area (TPSA) is 83.0 Å². The molecule has 1 unspecified atom stereocenters. The second-order valence-corrected chi connectivity index (χ2v) is 7.83. The second kappa shape index (κ2) is 8.12. The third-order valence-electron chi connectivity index (χ3n) is 5.98. The van der Waals surface area contributed by atoms with Crippen molar-refractivity contribution in [1.82, 2.24) is 15.1 Å². The van der Waals surface area contributed by atoms with E-state index in [9.17, 15) is 9.50 Å². The van der Waals surface area contributed by atoms with Gasteiger partial charge in [0.25, 0.3) is 5.72 Å². The number of rotatable bonds is 5. The highest BCUT2D eigenvalue weighted by atomic mass is 19.1. The normalized spacial score (nSPS) is 21.3. The second-order valence-electron chi connectivity index (χ2n) is 7.83. The number of methoxy groups -OCH3 is 1. The minimum atomic E-state index is -1.15. The van der Waals surface area contributed by atoms with Crippen LogP contribution in [0.1, 0.15) is 24.0 Å². The first kappa shape index (κ1) is 20.3. The Kier molecular flexibility index (Phi) is 5.14. The SMILES string of the molecule is COc1cc(/C=C2\CCCN3C2=NOC3(CO)c2ccc(F)cc2)ccc1-c1cn[nH]c1. The van der Waals surface area contributed by atoms with Crippen molar-refractivity contribution in [2.75, 3.05) is 20.3 Å². The van der Waals surface area contributed by atoms with Gasteiger partial charge in [0.2, 0.25) is 0 Å². The fourth-order valence-electron chi connectivity index (χ4n) is 4.34. The predicted octanol–water partition coefficient (Wildman–Crippen LogP) is 3.89. The maximum Gasteiger partial charge on any atom is 0.260 e. The van der Waals surface area contributed by atoms with Crippen molar-refractivity contribution in [3.63, 3.8) is 0 Å². The Balaban J connectivity index is 1.47. The Morgan fingerprint density at radius 1 is 1.28 bits per heavy atom. The molecule has 32 heavy (non-hydrogen) atoms. The Morgan fingerprint density at radius 2 is 2.12 bits per heavy atom. The number of aliphatic hydroxyl groups is 1. The van der Waals surface area contributed by atoms with Crippen LogP contribution in [-0.4, -0.2) is 46.3 Å². The molecule has 0 radical (unpaired) electrons. The number of aliphatic hydroxyl groups excluding tert-OH is 1. The van der Waals surface area contributed by atoms with E-state index in [1.165, 1.54) is 12.1 Å². The van der Waals surface area contributed by atoms with E-state index in [4.69, 9.17) is 9.57 Å². The van der Waals surface area contributed by atoms with Gasteiger partial charge in [-0.2, -0.15) is 5.10 Å². The summed E-state index contributed by atoms with van der Waals surface area (Å²) in [6.45, 7) is 0.378. The Labute approximate surface area is 184 Å². The largest absolute Gasteiger partial charge is 0.496 e. The summed E-state index contributed by atoms with van der Waals surface area (Å²) in [6, 6.07) is 12.0. The lowest BCUT2D eigenvalue weighted by Gasteiger charge is -2.38. The summed E-state index contributed by atoms with van der Waals surface area (Å²) in [5.74, 6) is 1.09. The average Bonchev–Trinajstić information content (AvgIpc) is 3.49. The van der Waals surface area contributed by atoms with Crippen LogP contribution in [0.5, 0.6) is 5.75 Å². The van der Waals surface area contributed by atoms with E-state index in [0.717, 1.165) is 40.9 Å². The number of H-pyrrole nitrogens is 1. The monoisotopic (exact) mass is 434 g/mol. The van der Waals surface area contributed by atoms with Crippen molar-refractivity contribution in [1.29, 1.82) is 0 Å². The number of nitrogens with one attached hydrogen (secondary N) is 1. The standard InChI is InChI=1S/C24H23FN4O3/c1-31-22-12-16(4-9-21(22)18-13-26-27-14-18)11-17-3-2-10-29-23(17)28-32-24(29,15-30)19-5-7-20(25)8-6-19/h4-9,11-14,30H,2-3,10,15H2,1H3,(H,26,27)/b17-11+. The number of amidine groups is 1. The lowest BCUT2D eigenvalue weighted by molar-refractivity contribution is -0.137. The summed E-state index contributed by atoms with van der Waals surface area (Å²) in [5.41, 5.74) is 3.39. The first-order chi connectivity index (χ1) is 15.6. The molecule has 1 atom stereocenters. The van der Waals surface area contributed by atoms with E-state index in [1.54, 1.807) is 25.4 Å². The summed E-state index contributed by atoms with van der Waals surface area (Å²) in [4.78, 5) is 7.77. The molecule has 1 saturated heterocycles. The smallest absolute Gasteiger partial charge is 0.260 e. The van der Waals surface area contributed by atoms with Crippen molar-refractivity contribution in [2.45, 2.75) is 18.6 Å². The predicted molar refractivity (Wildman–Crippen MR) is 118 cm³/mol. The number of fused-ring (bicyclic) bond motifs is 1. The van der Waals surface area contributed by atoms with Gasteiger partial charge in [-0.15, -0.1) is 0 Å². The third kappa shape index (κ3) is 3.33. The molecule has 2 aliphatic heterocycles. The fraction of sp³-hybridized carbons (Fsp3) is 0.250. The van der Waals surface area contributed by atoms with Crippen LogP contribution in [0.4, 0.5) is 4.39 Å². The van der Waals surface area contributed by atoms with Crippen LogP contribution in [0.25, 0.3) is 17.2 Å². The maximum atomic E-state index is 13.4. The van der Waals surface area contributed by atoms with E-state index < -0.39 is 5.72 Å². The number of ether oxygens (including phenoxy) is 1. The number of nitrogens with zero attached hydrogens (tertiary/aromatic N) is 3. The lowest BCUT2D eigenvalue weighted by Crippen LogP contribution is -2.51. The zero-order valence-electron chi connectivity index (χ0n) is 17.6. The lowest BCUT2D eigenvalue weighted by atomic mass is 9.94. The summed E-state index contributed by atoms with van der Waals surface area (Å²) >= 11 is 0. The van der Waals surface area contributed by atoms with Gasteiger partial charge in [-0.1, -0.05) is 11.2 Å². The molecule has 2 aliphatic rings. The number of hydrogen-bond acceptors (Lipinski definition) is 6. The van der Waals surface area contributed by atoms with Crippen LogP contribution < -0.4 is 4.74 Å². The van der Waals surface area contributed by atoms with Gasteiger partial charge in [-0.05, 0) is 66.5 Å². The van der Waals surface area contributed by atoms with E-state index in [1.807, 2.05) is 29.3 Å². The number of hydrogen-bond donors (Lipinski definition) is 2. The Bertz CT molecular complexity index is 1170. The zero-order chi connectivity index (χ0) is 22.1. The number of piperidine rings is 1. The van der Waals surface area contributed by atoms with Gasteiger partial charge >= 0.3 is 0 Å². The molecule has 0 spiro atoms. The minimum absolute atomic E-state index is 0.299. The summed E-state index contributed by atoms with van der Waals surface area (Å²) in [6.07, 6.45) is 7.35. The molecule has 3 heterocycles. The number of halogens is 1. The summed E-state index contributed by atoms with van der Waals surface area (Å²) < 4.78 is 19.1. The molecule has 1 aromatic heterocycles. The molecule has 2 aromatic carbocycles. The minimum Gasteiger partial charge on any atom is -0.496 e. The zero-order valence-corrected chi connectivity index (χ0v) is 17.6. The van der Waals surface area contributed by atoms with Crippen LogP contribution in [0.15, 0.2) is 65.6 Å². The van der Waals surface area contributed by atoms with Crippen LogP contribution >= 0.6 is 0 Å². The summed E-state index contributed by atoms with van der Waals surface area (Å²) in [5, 5.41) is 21.4. The molecule has 0 saturated carbocycles. The van der Waals surface area contributed by atoms with E-state index in [-0.39, 0.29) is 12.4 Å². The van der Waals surface area contributed by atoms with E-state index in [0.29, 0.717) is 17.9 Å². The first-order valence-corrected chi connectivity index (χ1v) is 10.4. The van der Waals surface area contributed by atoms with Gasteiger partial charge in [-0.3, -0.25) is 5.10 Å². The summed E-state index contributed by atoms with van der Waals surface area (Å²) in [7, 11) is 1.64. The molecule has 164 valence electrons. The van der Waals surface area contributed by atoms with Crippen molar-refractivity contribution >= 4 is 11.9 Å². The number of oxime groups is 1. The van der Waals surface area contributed by atoms with Gasteiger partial charge in [0.15, 0.2) is 5.84 Å². The molecular formula is C24H23FN4O3. The third-order valence-corrected chi connectivity index (χ3v) is 5.98. The average molecular weight is 434 g/mol. The highest BCUT2D eigenvalue weighted by Gasteiger charge is 2.49. The van der Waals surface area contributed by atoms with Crippen LogP contribution in [0.3, 0.4) is 0 Å². The van der Waals surface area contributed by atoms with E-state index in [2.05, 4.69) is 21.4 Å². The molecule has 3 aromatic rings. The van der Waals surface area contributed by atoms with Crippen molar-refractivity contribution in [2.24, 2.45) is 5.16 Å². The molecule has 0 bridgehead atoms. The Hall–Kier alpha value is -3.65. The Morgan fingerprint density at radius 3 is 2.84 bits per heavy atom. The number of aromatic nitrogens is 2. The number of aromatic amines is 1. The van der Waals surface area contributed by atoms with Crippen molar-refractivity contribution in [3.8, 4) is 16.9 Å². The molecule has 0 aliphatic carbocycles. The highest BCUT2D eigenvalue weighted by Crippen LogP contribution is 2.40. The van der Waals surface area contributed by atoms with Gasteiger partial charge in [0.1, 0.15) is 18.2 Å². The van der Waals surface area contributed by atoms with E-state index >= 15 is 0 Å². The van der Waals surface area contributed by atoms with Crippen molar-refractivity contribution < 1.29 is 19.1 Å². The quantitative estimate of drug-likeness (QED) is 0.637.